The van der Waals surface area contributed by atoms with Crippen LogP contribution in [-0.4, -0.2) is 43.2 Å². The Bertz CT molecular complexity index is 369. The molecule has 0 aliphatic heterocycles. The SMILES string of the molecule is CCOC(=O)CN(C)Cc1cccc(OC)n1. The molecule has 17 heavy (non-hydrogen) atoms. The zero-order valence-corrected chi connectivity index (χ0v) is 10.5. The second-order valence-corrected chi connectivity index (χ2v) is 3.65. The van der Waals surface area contributed by atoms with Gasteiger partial charge in [-0.2, -0.15) is 0 Å². The van der Waals surface area contributed by atoms with Crippen molar-refractivity contribution in [3.63, 3.8) is 0 Å². The van der Waals surface area contributed by atoms with Crippen molar-refractivity contribution in [3.8, 4) is 5.88 Å². The average molecular weight is 238 g/mol. The highest BCUT2D eigenvalue weighted by Gasteiger charge is 2.08. The molecule has 0 saturated carbocycles. The Morgan fingerprint density at radius 2 is 2.24 bits per heavy atom. The van der Waals surface area contributed by atoms with Gasteiger partial charge < -0.3 is 9.47 Å². The molecule has 0 saturated heterocycles. The molecule has 1 heterocycles. The lowest BCUT2D eigenvalue weighted by Crippen LogP contribution is -2.27. The van der Waals surface area contributed by atoms with E-state index in [4.69, 9.17) is 9.47 Å². The van der Waals surface area contributed by atoms with E-state index >= 15 is 0 Å². The molecule has 0 atom stereocenters. The molecular formula is C12H18N2O3. The van der Waals surface area contributed by atoms with E-state index in [9.17, 15) is 4.79 Å². The molecule has 1 rings (SSSR count). The molecule has 0 fully saturated rings. The van der Waals surface area contributed by atoms with Crippen LogP contribution >= 0.6 is 0 Å². The first-order chi connectivity index (χ1) is 8.15. The minimum absolute atomic E-state index is 0.224. The Labute approximate surface area is 101 Å². The predicted molar refractivity (Wildman–Crippen MR) is 63.8 cm³/mol. The van der Waals surface area contributed by atoms with E-state index in [1.165, 1.54) is 0 Å². The average Bonchev–Trinajstić information content (AvgIpc) is 2.29. The summed E-state index contributed by atoms with van der Waals surface area (Å²) in [5.74, 6) is 0.352. The summed E-state index contributed by atoms with van der Waals surface area (Å²) >= 11 is 0. The topological polar surface area (TPSA) is 51.7 Å². The molecule has 94 valence electrons. The Morgan fingerprint density at radius 1 is 1.47 bits per heavy atom. The molecule has 0 aromatic carbocycles. The minimum atomic E-state index is -0.224. The fraction of sp³-hybridized carbons (Fsp3) is 0.500. The van der Waals surface area contributed by atoms with Crippen molar-refractivity contribution in [2.75, 3.05) is 27.3 Å². The van der Waals surface area contributed by atoms with Gasteiger partial charge in [0.15, 0.2) is 0 Å². The molecule has 1 aromatic heterocycles. The highest BCUT2D eigenvalue weighted by molar-refractivity contribution is 5.71. The highest BCUT2D eigenvalue weighted by Crippen LogP contribution is 2.08. The standard InChI is InChI=1S/C12H18N2O3/c1-4-17-12(15)9-14(2)8-10-6-5-7-11(13-10)16-3/h5-7H,4,8-9H2,1-3H3. The summed E-state index contributed by atoms with van der Waals surface area (Å²) in [5.41, 5.74) is 0.858. The van der Waals surface area contributed by atoms with E-state index in [1.807, 2.05) is 24.1 Å². The highest BCUT2D eigenvalue weighted by atomic mass is 16.5. The summed E-state index contributed by atoms with van der Waals surface area (Å²) in [6, 6.07) is 5.55. The Hall–Kier alpha value is -1.62. The molecule has 0 aliphatic rings. The summed E-state index contributed by atoms with van der Waals surface area (Å²) in [7, 11) is 3.42. The van der Waals surface area contributed by atoms with Gasteiger partial charge in [-0.05, 0) is 20.0 Å². The first-order valence-corrected chi connectivity index (χ1v) is 5.49. The Balaban J connectivity index is 2.49. The molecule has 0 unspecified atom stereocenters. The number of carbonyl (C=O) groups is 1. The molecular weight excluding hydrogens is 220 g/mol. The maximum atomic E-state index is 11.3. The number of aromatic nitrogens is 1. The van der Waals surface area contributed by atoms with Crippen molar-refractivity contribution in [3.05, 3.63) is 23.9 Å². The summed E-state index contributed by atoms with van der Waals surface area (Å²) in [6.45, 7) is 3.04. The zero-order valence-electron chi connectivity index (χ0n) is 10.5. The number of carbonyl (C=O) groups excluding carboxylic acids is 1. The number of likely N-dealkylation sites (N-methyl/N-ethyl adjacent to an activating group) is 1. The lowest BCUT2D eigenvalue weighted by Gasteiger charge is -2.15. The van der Waals surface area contributed by atoms with Crippen molar-refractivity contribution in [2.24, 2.45) is 0 Å². The lowest BCUT2D eigenvalue weighted by atomic mass is 10.3. The van der Waals surface area contributed by atoms with Crippen molar-refractivity contribution in [1.82, 2.24) is 9.88 Å². The molecule has 0 spiro atoms. The van der Waals surface area contributed by atoms with Gasteiger partial charge in [0.1, 0.15) is 0 Å². The zero-order chi connectivity index (χ0) is 12.7. The van der Waals surface area contributed by atoms with Crippen LogP contribution in [0.2, 0.25) is 0 Å². The Kier molecular flexibility index (Phi) is 5.42. The number of nitrogens with zero attached hydrogens (tertiary/aromatic N) is 2. The van der Waals surface area contributed by atoms with Gasteiger partial charge in [0.2, 0.25) is 5.88 Å². The van der Waals surface area contributed by atoms with E-state index in [1.54, 1.807) is 20.1 Å². The molecule has 0 aliphatic carbocycles. The third-order valence-electron chi connectivity index (χ3n) is 2.13. The number of hydrogen-bond donors (Lipinski definition) is 0. The molecule has 0 bridgehead atoms. The number of pyridine rings is 1. The number of hydrogen-bond acceptors (Lipinski definition) is 5. The first kappa shape index (κ1) is 13.4. The van der Waals surface area contributed by atoms with Crippen LogP contribution in [0.15, 0.2) is 18.2 Å². The normalized spacial score (nSPS) is 10.4. The third-order valence-corrected chi connectivity index (χ3v) is 2.13. The number of ether oxygens (including phenoxy) is 2. The van der Waals surface area contributed by atoms with Crippen LogP contribution in [0.4, 0.5) is 0 Å². The monoisotopic (exact) mass is 238 g/mol. The van der Waals surface area contributed by atoms with Gasteiger partial charge >= 0.3 is 5.97 Å². The summed E-state index contributed by atoms with van der Waals surface area (Å²) in [4.78, 5) is 17.4. The molecule has 0 amide bonds. The van der Waals surface area contributed by atoms with Crippen LogP contribution in [0.3, 0.4) is 0 Å². The van der Waals surface area contributed by atoms with E-state index in [2.05, 4.69) is 4.98 Å². The molecule has 5 heteroatoms. The smallest absolute Gasteiger partial charge is 0.320 e. The van der Waals surface area contributed by atoms with E-state index in [0.29, 0.717) is 19.0 Å². The third kappa shape index (κ3) is 4.82. The lowest BCUT2D eigenvalue weighted by molar-refractivity contribution is -0.144. The quantitative estimate of drug-likeness (QED) is 0.694. The van der Waals surface area contributed by atoms with Crippen molar-refractivity contribution < 1.29 is 14.3 Å². The van der Waals surface area contributed by atoms with Crippen LogP contribution in [-0.2, 0) is 16.1 Å². The van der Waals surface area contributed by atoms with Crippen LogP contribution in [0.1, 0.15) is 12.6 Å². The van der Waals surface area contributed by atoms with Gasteiger partial charge in [-0.25, -0.2) is 4.98 Å². The Morgan fingerprint density at radius 3 is 2.88 bits per heavy atom. The number of esters is 1. The van der Waals surface area contributed by atoms with Gasteiger partial charge in [-0.1, -0.05) is 6.07 Å². The van der Waals surface area contributed by atoms with Gasteiger partial charge in [-0.15, -0.1) is 0 Å². The fourth-order valence-electron chi connectivity index (χ4n) is 1.42. The van der Waals surface area contributed by atoms with E-state index in [-0.39, 0.29) is 12.5 Å². The predicted octanol–water partition coefficient (Wildman–Crippen LogP) is 1.09. The maximum Gasteiger partial charge on any atom is 0.320 e. The van der Waals surface area contributed by atoms with Crippen molar-refractivity contribution in [1.29, 1.82) is 0 Å². The first-order valence-electron chi connectivity index (χ1n) is 5.49. The van der Waals surface area contributed by atoms with Crippen molar-refractivity contribution >= 4 is 5.97 Å². The summed E-state index contributed by atoms with van der Waals surface area (Å²) in [5, 5.41) is 0. The minimum Gasteiger partial charge on any atom is -0.481 e. The van der Waals surface area contributed by atoms with E-state index in [0.717, 1.165) is 5.69 Å². The van der Waals surface area contributed by atoms with Gasteiger partial charge in [0, 0.05) is 12.6 Å². The second-order valence-electron chi connectivity index (χ2n) is 3.65. The van der Waals surface area contributed by atoms with Gasteiger partial charge in [-0.3, -0.25) is 9.69 Å². The van der Waals surface area contributed by atoms with E-state index < -0.39 is 0 Å². The summed E-state index contributed by atoms with van der Waals surface area (Å²) in [6.07, 6.45) is 0. The van der Waals surface area contributed by atoms with Crippen LogP contribution in [0, 0.1) is 0 Å². The van der Waals surface area contributed by atoms with Crippen LogP contribution in [0.5, 0.6) is 5.88 Å². The largest absolute Gasteiger partial charge is 0.481 e. The molecule has 1 aromatic rings. The van der Waals surface area contributed by atoms with Gasteiger partial charge in [0.05, 0.1) is 26.0 Å². The second kappa shape index (κ2) is 6.85. The molecule has 0 radical (unpaired) electrons. The fourth-order valence-corrected chi connectivity index (χ4v) is 1.42. The molecule has 0 N–H and O–H groups in total. The number of rotatable bonds is 6. The molecule has 5 nitrogen and oxygen atoms in total. The van der Waals surface area contributed by atoms with Crippen LogP contribution < -0.4 is 4.74 Å². The van der Waals surface area contributed by atoms with Gasteiger partial charge in [0.25, 0.3) is 0 Å². The maximum absolute atomic E-state index is 11.3. The van der Waals surface area contributed by atoms with Crippen molar-refractivity contribution in [2.45, 2.75) is 13.5 Å². The number of methoxy groups -OCH3 is 1. The van der Waals surface area contributed by atoms with Crippen LogP contribution in [0.25, 0.3) is 0 Å². The summed E-state index contributed by atoms with van der Waals surface area (Å²) < 4.78 is 9.90.